The zero-order chi connectivity index (χ0) is 10.4. The van der Waals surface area contributed by atoms with Crippen LogP contribution in [0, 0.1) is 5.92 Å². The van der Waals surface area contributed by atoms with Gasteiger partial charge < -0.3 is 0 Å². The topological polar surface area (TPSA) is 17.1 Å². The Morgan fingerprint density at radius 2 is 1.93 bits per heavy atom. The molecule has 0 fully saturated rings. The normalized spacial score (nSPS) is 11.1. The molecule has 0 N–H and O–H groups in total. The lowest BCUT2D eigenvalue weighted by molar-refractivity contribution is -0.114. The standard InChI is InChI=1S/C13H16O/c1-11(2)8-9-13(14)10-12-6-4-3-5-7-12/h3-9,11H,10H2,1-2H3. The summed E-state index contributed by atoms with van der Waals surface area (Å²) in [5.74, 6) is 0.611. The minimum Gasteiger partial charge on any atom is -0.294 e. The molecule has 0 aliphatic carbocycles. The molecule has 0 saturated carbocycles. The van der Waals surface area contributed by atoms with Gasteiger partial charge in [0.15, 0.2) is 5.78 Å². The van der Waals surface area contributed by atoms with E-state index in [1.807, 2.05) is 36.4 Å². The lowest BCUT2D eigenvalue weighted by atomic mass is 10.1. The molecule has 0 aromatic heterocycles. The molecule has 14 heavy (non-hydrogen) atoms. The molecule has 0 aliphatic heterocycles. The molecule has 0 heterocycles. The first-order valence-corrected chi connectivity index (χ1v) is 4.93. The third-order valence-corrected chi connectivity index (χ3v) is 1.89. The minimum absolute atomic E-state index is 0.171. The fourth-order valence-corrected chi connectivity index (χ4v) is 1.16. The van der Waals surface area contributed by atoms with Gasteiger partial charge >= 0.3 is 0 Å². The van der Waals surface area contributed by atoms with E-state index in [-0.39, 0.29) is 5.78 Å². The summed E-state index contributed by atoms with van der Waals surface area (Å²) in [6.45, 7) is 4.12. The molecule has 0 radical (unpaired) electrons. The summed E-state index contributed by atoms with van der Waals surface area (Å²) in [6, 6.07) is 9.81. The Hall–Kier alpha value is -1.37. The van der Waals surface area contributed by atoms with Crippen molar-refractivity contribution >= 4 is 5.78 Å². The third kappa shape index (κ3) is 4.04. The SMILES string of the molecule is CC(C)C=CC(=O)Cc1ccccc1. The van der Waals surface area contributed by atoms with Gasteiger partial charge in [-0.05, 0) is 17.6 Å². The molecule has 0 bridgehead atoms. The van der Waals surface area contributed by atoms with Crippen LogP contribution in [0.4, 0.5) is 0 Å². The van der Waals surface area contributed by atoms with Crippen LogP contribution in [0.5, 0.6) is 0 Å². The summed E-state index contributed by atoms with van der Waals surface area (Å²) in [6.07, 6.45) is 4.12. The molecule has 0 spiro atoms. The molecular formula is C13H16O. The van der Waals surface area contributed by atoms with Crippen molar-refractivity contribution in [2.24, 2.45) is 5.92 Å². The predicted octanol–water partition coefficient (Wildman–Crippen LogP) is 3.01. The fourth-order valence-electron chi connectivity index (χ4n) is 1.16. The van der Waals surface area contributed by atoms with Crippen LogP contribution in [-0.2, 0) is 11.2 Å². The molecule has 0 unspecified atom stereocenters. The molecule has 0 atom stereocenters. The van der Waals surface area contributed by atoms with Crippen molar-refractivity contribution in [3.8, 4) is 0 Å². The Labute approximate surface area is 85.5 Å². The number of benzene rings is 1. The van der Waals surface area contributed by atoms with Crippen molar-refractivity contribution in [1.29, 1.82) is 0 Å². The Bertz CT molecular complexity index is 309. The highest BCUT2D eigenvalue weighted by atomic mass is 16.1. The minimum atomic E-state index is 0.171. The van der Waals surface area contributed by atoms with Gasteiger partial charge in [0, 0.05) is 6.42 Å². The zero-order valence-corrected chi connectivity index (χ0v) is 8.73. The first-order valence-electron chi connectivity index (χ1n) is 4.93. The van der Waals surface area contributed by atoms with E-state index >= 15 is 0 Å². The van der Waals surface area contributed by atoms with Crippen LogP contribution in [0.15, 0.2) is 42.5 Å². The van der Waals surface area contributed by atoms with Crippen LogP contribution in [0.3, 0.4) is 0 Å². The second-order valence-corrected chi connectivity index (χ2v) is 3.73. The number of allylic oxidation sites excluding steroid dienone is 2. The first-order chi connectivity index (χ1) is 6.68. The van der Waals surface area contributed by atoms with Crippen molar-refractivity contribution < 1.29 is 4.79 Å². The van der Waals surface area contributed by atoms with E-state index in [1.54, 1.807) is 6.08 Å². The van der Waals surface area contributed by atoms with Gasteiger partial charge in [0.05, 0.1) is 0 Å². The molecule has 0 saturated heterocycles. The van der Waals surface area contributed by atoms with Crippen LogP contribution < -0.4 is 0 Å². The van der Waals surface area contributed by atoms with E-state index in [0.717, 1.165) is 5.56 Å². The molecule has 1 aromatic carbocycles. The Kier molecular flexibility index (Phi) is 4.11. The van der Waals surface area contributed by atoms with E-state index in [4.69, 9.17) is 0 Å². The number of ketones is 1. The van der Waals surface area contributed by atoms with Crippen molar-refractivity contribution in [2.45, 2.75) is 20.3 Å². The van der Waals surface area contributed by atoms with Gasteiger partial charge in [-0.1, -0.05) is 50.3 Å². The molecule has 1 heteroatoms. The van der Waals surface area contributed by atoms with E-state index in [2.05, 4.69) is 13.8 Å². The number of carbonyl (C=O) groups is 1. The maximum absolute atomic E-state index is 11.4. The maximum Gasteiger partial charge on any atom is 0.159 e. The number of hydrogen-bond donors (Lipinski definition) is 0. The van der Waals surface area contributed by atoms with Crippen LogP contribution in [-0.4, -0.2) is 5.78 Å². The van der Waals surface area contributed by atoms with E-state index in [0.29, 0.717) is 12.3 Å². The van der Waals surface area contributed by atoms with Gasteiger partial charge in [0.1, 0.15) is 0 Å². The monoisotopic (exact) mass is 188 g/mol. The molecule has 0 amide bonds. The van der Waals surface area contributed by atoms with Crippen LogP contribution in [0.25, 0.3) is 0 Å². The fraction of sp³-hybridized carbons (Fsp3) is 0.308. The number of rotatable bonds is 4. The predicted molar refractivity (Wildman–Crippen MR) is 59.1 cm³/mol. The number of hydrogen-bond acceptors (Lipinski definition) is 1. The summed E-state index contributed by atoms with van der Waals surface area (Å²) in [5, 5.41) is 0. The molecular weight excluding hydrogens is 172 g/mol. The number of carbonyl (C=O) groups excluding carboxylic acids is 1. The highest BCUT2D eigenvalue weighted by Gasteiger charge is 1.98. The summed E-state index contributed by atoms with van der Waals surface area (Å²) < 4.78 is 0. The lowest BCUT2D eigenvalue weighted by Gasteiger charge is -1.97. The molecule has 0 aliphatic rings. The highest BCUT2D eigenvalue weighted by Crippen LogP contribution is 2.01. The van der Waals surface area contributed by atoms with Gasteiger partial charge in [-0.3, -0.25) is 4.79 Å². The lowest BCUT2D eigenvalue weighted by Crippen LogP contribution is -1.98. The van der Waals surface area contributed by atoms with Crippen molar-refractivity contribution in [3.63, 3.8) is 0 Å². The molecule has 1 rings (SSSR count). The van der Waals surface area contributed by atoms with Gasteiger partial charge in [0.2, 0.25) is 0 Å². The molecule has 74 valence electrons. The van der Waals surface area contributed by atoms with Crippen molar-refractivity contribution in [2.75, 3.05) is 0 Å². The van der Waals surface area contributed by atoms with Crippen molar-refractivity contribution in [3.05, 3.63) is 48.0 Å². The Morgan fingerprint density at radius 3 is 2.50 bits per heavy atom. The van der Waals surface area contributed by atoms with E-state index < -0.39 is 0 Å². The maximum atomic E-state index is 11.4. The Balaban J connectivity index is 2.50. The summed E-state index contributed by atoms with van der Waals surface area (Å²) in [7, 11) is 0. The smallest absolute Gasteiger partial charge is 0.159 e. The van der Waals surface area contributed by atoms with E-state index in [1.165, 1.54) is 0 Å². The van der Waals surface area contributed by atoms with Crippen LogP contribution >= 0.6 is 0 Å². The quantitative estimate of drug-likeness (QED) is 0.664. The highest BCUT2D eigenvalue weighted by molar-refractivity contribution is 5.91. The Morgan fingerprint density at radius 1 is 1.29 bits per heavy atom. The second-order valence-electron chi connectivity index (χ2n) is 3.73. The second kappa shape index (κ2) is 5.38. The molecule has 1 aromatic rings. The zero-order valence-electron chi connectivity index (χ0n) is 8.73. The van der Waals surface area contributed by atoms with Crippen molar-refractivity contribution in [1.82, 2.24) is 0 Å². The van der Waals surface area contributed by atoms with Gasteiger partial charge in [0.25, 0.3) is 0 Å². The van der Waals surface area contributed by atoms with Gasteiger partial charge in [-0.2, -0.15) is 0 Å². The summed E-state index contributed by atoms with van der Waals surface area (Å²) >= 11 is 0. The van der Waals surface area contributed by atoms with Gasteiger partial charge in [-0.15, -0.1) is 0 Å². The summed E-state index contributed by atoms with van der Waals surface area (Å²) in [5.41, 5.74) is 1.07. The van der Waals surface area contributed by atoms with Crippen LogP contribution in [0.1, 0.15) is 19.4 Å². The van der Waals surface area contributed by atoms with Gasteiger partial charge in [-0.25, -0.2) is 0 Å². The van der Waals surface area contributed by atoms with E-state index in [9.17, 15) is 4.79 Å². The average Bonchev–Trinajstić information content (AvgIpc) is 2.16. The van der Waals surface area contributed by atoms with Crippen LogP contribution in [0.2, 0.25) is 0 Å². The molecule has 1 nitrogen and oxygen atoms in total. The summed E-state index contributed by atoms with van der Waals surface area (Å²) in [4.78, 5) is 11.4. The third-order valence-electron chi connectivity index (χ3n) is 1.89. The largest absolute Gasteiger partial charge is 0.294 e. The average molecular weight is 188 g/mol. The first kappa shape index (κ1) is 10.7.